The van der Waals surface area contributed by atoms with E-state index in [1.807, 2.05) is 11.0 Å². The van der Waals surface area contributed by atoms with Crippen LogP contribution in [0.1, 0.15) is 23.2 Å². The van der Waals surface area contributed by atoms with Crippen LogP contribution in [0.3, 0.4) is 0 Å². The van der Waals surface area contributed by atoms with E-state index in [2.05, 4.69) is 11.9 Å². The van der Waals surface area contributed by atoms with Crippen LogP contribution in [0, 0.1) is 11.3 Å². The summed E-state index contributed by atoms with van der Waals surface area (Å²) in [6, 6.07) is 5.36. The van der Waals surface area contributed by atoms with Crippen LogP contribution in [0.5, 0.6) is 11.5 Å². The van der Waals surface area contributed by atoms with Crippen molar-refractivity contribution >= 4 is 5.91 Å². The van der Waals surface area contributed by atoms with Crippen molar-refractivity contribution in [3.05, 3.63) is 23.8 Å². The molecule has 1 spiro atoms. The number of likely N-dealkylation sites (tertiary alicyclic amines) is 2. The molecule has 0 aromatic heterocycles. The Hall–Kier alpha value is -1.79. The first kappa shape index (κ1) is 19.0. The Kier molecular flexibility index (Phi) is 5.73. The van der Waals surface area contributed by atoms with E-state index in [0.29, 0.717) is 23.0 Å². The van der Waals surface area contributed by atoms with Crippen LogP contribution in [0.15, 0.2) is 18.2 Å². The Morgan fingerprint density at radius 2 is 1.92 bits per heavy atom. The van der Waals surface area contributed by atoms with E-state index >= 15 is 0 Å². The van der Waals surface area contributed by atoms with Gasteiger partial charge in [0.1, 0.15) is 11.5 Å². The number of rotatable bonds is 5. The number of carbonyl (C=O) groups excluding carboxylic acids is 1. The SMILES string of the molecule is COCC1CN(C)CC12CCN(C(=O)c1ccc(OC)cc1OC)CC2. The van der Waals surface area contributed by atoms with Crippen LogP contribution in [0.25, 0.3) is 0 Å². The second kappa shape index (κ2) is 7.84. The van der Waals surface area contributed by atoms with Crippen molar-refractivity contribution in [2.75, 3.05) is 61.2 Å². The first-order valence-corrected chi connectivity index (χ1v) is 9.22. The van der Waals surface area contributed by atoms with E-state index in [0.717, 1.165) is 45.6 Å². The maximum atomic E-state index is 13.0. The average molecular weight is 362 g/mol. The summed E-state index contributed by atoms with van der Waals surface area (Å²) in [5, 5.41) is 0. The lowest BCUT2D eigenvalue weighted by Crippen LogP contribution is -2.47. The smallest absolute Gasteiger partial charge is 0.257 e. The molecule has 2 aliphatic rings. The van der Waals surface area contributed by atoms with Crippen molar-refractivity contribution in [1.82, 2.24) is 9.80 Å². The highest BCUT2D eigenvalue weighted by molar-refractivity contribution is 5.97. The predicted octanol–water partition coefficient (Wildman–Crippen LogP) is 2.13. The van der Waals surface area contributed by atoms with Gasteiger partial charge in [0.15, 0.2) is 0 Å². The van der Waals surface area contributed by atoms with Gasteiger partial charge in [-0.15, -0.1) is 0 Å². The summed E-state index contributed by atoms with van der Waals surface area (Å²) in [5.74, 6) is 1.83. The molecule has 2 aliphatic heterocycles. The van der Waals surface area contributed by atoms with Crippen molar-refractivity contribution in [3.63, 3.8) is 0 Å². The Morgan fingerprint density at radius 3 is 2.54 bits per heavy atom. The minimum absolute atomic E-state index is 0.0361. The lowest BCUT2D eigenvalue weighted by molar-refractivity contribution is 0.0323. The second-order valence-electron chi connectivity index (χ2n) is 7.57. The van der Waals surface area contributed by atoms with Gasteiger partial charge in [-0.25, -0.2) is 0 Å². The van der Waals surface area contributed by atoms with E-state index in [9.17, 15) is 4.79 Å². The zero-order chi connectivity index (χ0) is 18.7. The zero-order valence-corrected chi connectivity index (χ0v) is 16.3. The normalized spacial score (nSPS) is 22.6. The van der Waals surface area contributed by atoms with Crippen LogP contribution in [0.2, 0.25) is 0 Å². The van der Waals surface area contributed by atoms with Crippen molar-refractivity contribution in [1.29, 1.82) is 0 Å². The average Bonchev–Trinajstić information content (AvgIpc) is 2.96. The van der Waals surface area contributed by atoms with Crippen LogP contribution < -0.4 is 9.47 Å². The minimum atomic E-state index is 0.0361. The van der Waals surface area contributed by atoms with E-state index in [1.165, 1.54) is 0 Å². The van der Waals surface area contributed by atoms with Gasteiger partial charge in [-0.1, -0.05) is 0 Å². The van der Waals surface area contributed by atoms with Crippen LogP contribution in [-0.2, 0) is 4.74 Å². The van der Waals surface area contributed by atoms with Gasteiger partial charge < -0.3 is 24.0 Å². The number of nitrogens with zero attached hydrogens (tertiary/aromatic N) is 2. The Morgan fingerprint density at radius 1 is 1.19 bits per heavy atom. The largest absolute Gasteiger partial charge is 0.497 e. The van der Waals surface area contributed by atoms with Crippen molar-refractivity contribution in [2.24, 2.45) is 11.3 Å². The highest BCUT2D eigenvalue weighted by atomic mass is 16.5. The maximum absolute atomic E-state index is 13.0. The van der Waals surface area contributed by atoms with Gasteiger partial charge in [0.05, 0.1) is 26.4 Å². The third-order valence-corrected chi connectivity index (χ3v) is 6.04. The van der Waals surface area contributed by atoms with Crippen molar-refractivity contribution in [3.8, 4) is 11.5 Å². The number of hydrogen-bond acceptors (Lipinski definition) is 5. The molecule has 2 fully saturated rings. The molecule has 2 saturated heterocycles. The number of benzene rings is 1. The standard InChI is InChI=1S/C20H30N2O4/c1-21-12-15(13-24-2)20(14-21)7-9-22(10-8-20)19(23)17-6-5-16(25-3)11-18(17)26-4/h5-6,11,15H,7-10,12-14H2,1-4H3. The molecule has 3 rings (SSSR count). The predicted molar refractivity (Wildman–Crippen MR) is 100.0 cm³/mol. The van der Waals surface area contributed by atoms with Gasteiger partial charge in [-0.05, 0) is 37.4 Å². The molecule has 1 atom stereocenters. The number of piperidine rings is 1. The molecule has 0 saturated carbocycles. The molecule has 2 heterocycles. The summed E-state index contributed by atoms with van der Waals surface area (Å²) < 4.78 is 16.1. The summed E-state index contributed by atoms with van der Waals surface area (Å²) in [6.45, 7) is 4.53. The van der Waals surface area contributed by atoms with E-state index in [-0.39, 0.29) is 11.3 Å². The fourth-order valence-electron chi connectivity index (χ4n) is 4.60. The van der Waals surface area contributed by atoms with E-state index in [1.54, 1.807) is 33.5 Å². The molecule has 0 aliphatic carbocycles. The molecular weight excluding hydrogens is 332 g/mol. The molecular formula is C20H30N2O4. The fraction of sp³-hybridized carbons (Fsp3) is 0.650. The van der Waals surface area contributed by atoms with Gasteiger partial charge in [-0.3, -0.25) is 4.79 Å². The molecule has 0 bridgehead atoms. The molecule has 6 heteroatoms. The zero-order valence-electron chi connectivity index (χ0n) is 16.3. The molecule has 1 unspecified atom stereocenters. The molecule has 1 aromatic carbocycles. The highest BCUT2D eigenvalue weighted by Crippen LogP contribution is 2.44. The molecule has 26 heavy (non-hydrogen) atoms. The van der Waals surface area contributed by atoms with Gasteiger partial charge >= 0.3 is 0 Å². The monoisotopic (exact) mass is 362 g/mol. The highest BCUT2D eigenvalue weighted by Gasteiger charge is 2.47. The van der Waals surface area contributed by atoms with Gasteiger partial charge in [-0.2, -0.15) is 0 Å². The third kappa shape index (κ3) is 3.53. The number of carbonyl (C=O) groups is 1. The fourth-order valence-corrected chi connectivity index (χ4v) is 4.60. The maximum Gasteiger partial charge on any atom is 0.257 e. The van der Waals surface area contributed by atoms with Gasteiger partial charge in [0.2, 0.25) is 0 Å². The van der Waals surface area contributed by atoms with Gasteiger partial charge in [0.25, 0.3) is 5.91 Å². The number of hydrogen-bond donors (Lipinski definition) is 0. The first-order valence-electron chi connectivity index (χ1n) is 9.22. The van der Waals surface area contributed by atoms with Crippen molar-refractivity contribution in [2.45, 2.75) is 12.8 Å². The summed E-state index contributed by atoms with van der Waals surface area (Å²) in [6.07, 6.45) is 2.05. The lowest BCUT2D eigenvalue weighted by Gasteiger charge is -2.42. The molecule has 0 N–H and O–H groups in total. The summed E-state index contributed by atoms with van der Waals surface area (Å²) in [7, 11) is 7.15. The molecule has 6 nitrogen and oxygen atoms in total. The number of methoxy groups -OCH3 is 3. The molecule has 144 valence electrons. The minimum Gasteiger partial charge on any atom is -0.497 e. The topological polar surface area (TPSA) is 51.2 Å². The second-order valence-corrected chi connectivity index (χ2v) is 7.57. The summed E-state index contributed by atoms with van der Waals surface area (Å²) >= 11 is 0. The quantitative estimate of drug-likeness (QED) is 0.803. The Bertz CT molecular complexity index is 641. The van der Waals surface area contributed by atoms with Gasteiger partial charge in [0, 0.05) is 45.3 Å². The van der Waals surface area contributed by atoms with E-state index in [4.69, 9.17) is 14.2 Å². The van der Waals surface area contributed by atoms with Crippen LogP contribution in [0.4, 0.5) is 0 Å². The number of ether oxygens (including phenoxy) is 3. The van der Waals surface area contributed by atoms with E-state index < -0.39 is 0 Å². The number of amides is 1. The Balaban J connectivity index is 1.71. The lowest BCUT2D eigenvalue weighted by atomic mass is 9.71. The first-order chi connectivity index (χ1) is 12.5. The Labute approximate surface area is 156 Å². The van der Waals surface area contributed by atoms with Crippen LogP contribution in [-0.4, -0.2) is 76.9 Å². The molecule has 1 amide bonds. The summed E-state index contributed by atoms with van der Waals surface area (Å²) in [4.78, 5) is 17.4. The van der Waals surface area contributed by atoms with Crippen LogP contribution >= 0.6 is 0 Å². The summed E-state index contributed by atoms with van der Waals surface area (Å²) in [5.41, 5.74) is 0.868. The van der Waals surface area contributed by atoms with Crippen molar-refractivity contribution < 1.29 is 19.0 Å². The third-order valence-electron chi connectivity index (χ3n) is 6.04. The molecule has 1 aromatic rings. The molecule has 0 radical (unpaired) electrons.